The smallest absolute Gasteiger partial charge is 0.326 e. The van der Waals surface area contributed by atoms with Crippen LogP contribution in [0, 0.1) is 5.92 Å². The van der Waals surface area contributed by atoms with Crippen molar-refractivity contribution in [1.82, 2.24) is 16.0 Å². The molecule has 11 heteroatoms. The van der Waals surface area contributed by atoms with Gasteiger partial charge in [-0.15, -0.1) is 0 Å². The topological polar surface area (TPSA) is 188 Å². The molecule has 1 aromatic carbocycles. The second-order valence-corrected chi connectivity index (χ2v) is 8.24. The predicted octanol–water partition coefficient (Wildman–Crippen LogP) is 0.0262. The van der Waals surface area contributed by atoms with Crippen LogP contribution in [0.3, 0.4) is 0 Å². The molecular formula is C23H34N4O7. The van der Waals surface area contributed by atoms with E-state index < -0.39 is 60.2 Å². The molecule has 0 heterocycles. The summed E-state index contributed by atoms with van der Waals surface area (Å²) in [5, 5.41) is 25.8. The Morgan fingerprint density at radius 3 is 1.97 bits per heavy atom. The van der Waals surface area contributed by atoms with E-state index in [1.807, 2.05) is 6.92 Å². The van der Waals surface area contributed by atoms with E-state index in [1.165, 1.54) is 6.92 Å². The number of carboxylic acids is 2. The van der Waals surface area contributed by atoms with E-state index in [2.05, 4.69) is 16.0 Å². The number of amides is 3. The molecule has 0 bridgehead atoms. The normalized spacial score (nSPS) is 15.2. The highest BCUT2D eigenvalue weighted by Crippen LogP contribution is 2.11. The molecule has 34 heavy (non-hydrogen) atoms. The number of carbonyl (C=O) groups excluding carboxylic acids is 3. The van der Waals surface area contributed by atoms with Crippen LogP contribution >= 0.6 is 0 Å². The summed E-state index contributed by atoms with van der Waals surface area (Å²) >= 11 is 0. The number of nitrogens with one attached hydrogen (secondary N) is 3. The van der Waals surface area contributed by atoms with E-state index in [1.54, 1.807) is 37.3 Å². The molecular weight excluding hydrogens is 444 g/mol. The van der Waals surface area contributed by atoms with Gasteiger partial charge in [0.2, 0.25) is 17.7 Å². The molecule has 0 aliphatic rings. The Morgan fingerprint density at radius 2 is 1.47 bits per heavy atom. The third-order valence-electron chi connectivity index (χ3n) is 5.38. The molecule has 0 aliphatic carbocycles. The fraction of sp³-hybridized carbons (Fsp3) is 0.522. The zero-order chi connectivity index (χ0) is 25.8. The number of aliphatic carboxylic acids is 2. The molecule has 0 aromatic heterocycles. The van der Waals surface area contributed by atoms with E-state index in [0.29, 0.717) is 12.0 Å². The molecule has 7 N–H and O–H groups in total. The lowest BCUT2D eigenvalue weighted by atomic mass is 9.96. The summed E-state index contributed by atoms with van der Waals surface area (Å²) in [6.07, 6.45) is -0.157. The van der Waals surface area contributed by atoms with Gasteiger partial charge in [-0.25, -0.2) is 4.79 Å². The maximum Gasteiger partial charge on any atom is 0.326 e. The van der Waals surface area contributed by atoms with Crippen molar-refractivity contribution in [1.29, 1.82) is 0 Å². The van der Waals surface area contributed by atoms with Crippen LogP contribution in [-0.4, -0.2) is 64.0 Å². The van der Waals surface area contributed by atoms with Crippen LogP contribution in [0.15, 0.2) is 30.3 Å². The van der Waals surface area contributed by atoms with Gasteiger partial charge in [0.1, 0.15) is 18.1 Å². The van der Waals surface area contributed by atoms with E-state index in [4.69, 9.17) is 10.8 Å². The van der Waals surface area contributed by atoms with Crippen LogP contribution in [0.4, 0.5) is 0 Å². The lowest BCUT2D eigenvalue weighted by molar-refractivity contribution is -0.143. The number of carbonyl (C=O) groups is 5. The first kappa shape index (κ1) is 28.6. The zero-order valence-corrected chi connectivity index (χ0v) is 19.6. The first-order valence-corrected chi connectivity index (χ1v) is 11.1. The second kappa shape index (κ2) is 13.9. The Kier molecular flexibility index (Phi) is 11.7. The SMILES string of the molecule is CCC(C)C(NC(=O)C(C)N)C(=O)NC(Cc1ccccc1)C(=O)NC(CCC(=O)O)C(=O)O. The summed E-state index contributed by atoms with van der Waals surface area (Å²) < 4.78 is 0. The quantitative estimate of drug-likeness (QED) is 0.216. The minimum atomic E-state index is -1.44. The average molecular weight is 479 g/mol. The molecule has 1 rings (SSSR count). The standard InChI is InChI=1S/C23H34N4O7/c1-4-13(2)19(27-20(30)14(3)24)22(32)26-17(12-15-8-6-5-7-9-15)21(31)25-16(23(33)34)10-11-18(28)29/h5-9,13-14,16-17,19H,4,10-12,24H2,1-3H3,(H,25,31)(H,26,32)(H,27,30)(H,28,29)(H,33,34). The third kappa shape index (κ3) is 9.57. The van der Waals surface area contributed by atoms with Crippen LogP contribution in [0.2, 0.25) is 0 Å². The van der Waals surface area contributed by atoms with Crippen LogP contribution in [0.5, 0.6) is 0 Å². The average Bonchev–Trinajstić information content (AvgIpc) is 2.78. The number of benzene rings is 1. The molecule has 5 unspecified atom stereocenters. The lowest BCUT2D eigenvalue weighted by Gasteiger charge is -2.27. The van der Waals surface area contributed by atoms with E-state index in [9.17, 15) is 29.1 Å². The van der Waals surface area contributed by atoms with Gasteiger partial charge in [-0.05, 0) is 24.8 Å². The number of carboxylic acid groups (broad SMARTS) is 2. The minimum absolute atomic E-state index is 0.0537. The molecule has 0 saturated carbocycles. The Morgan fingerprint density at radius 1 is 0.882 bits per heavy atom. The first-order valence-electron chi connectivity index (χ1n) is 11.1. The van der Waals surface area contributed by atoms with Gasteiger partial charge < -0.3 is 31.9 Å². The second-order valence-electron chi connectivity index (χ2n) is 8.24. The molecule has 0 spiro atoms. The van der Waals surface area contributed by atoms with E-state index >= 15 is 0 Å². The highest BCUT2D eigenvalue weighted by atomic mass is 16.4. The highest BCUT2D eigenvalue weighted by molar-refractivity contribution is 5.94. The summed E-state index contributed by atoms with van der Waals surface area (Å²) in [6, 6.07) is 4.37. The molecule has 3 amide bonds. The largest absolute Gasteiger partial charge is 0.481 e. The molecule has 188 valence electrons. The zero-order valence-electron chi connectivity index (χ0n) is 19.6. The Balaban J connectivity index is 3.12. The van der Waals surface area contributed by atoms with Crippen LogP contribution < -0.4 is 21.7 Å². The first-order chi connectivity index (χ1) is 16.0. The van der Waals surface area contributed by atoms with Crippen molar-refractivity contribution in [2.45, 2.75) is 70.6 Å². The van der Waals surface area contributed by atoms with Crippen molar-refractivity contribution in [2.75, 3.05) is 0 Å². The van der Waals surface area contributed by atoms with Gasteiger partial charge in [0, 0.05) is 12.8 Å². The molecule has 5 atom stereocenters. The van der Waals surface area contributed by atoms with Gasteiger partial charge in [-0.3, -0.25) is 19.2 Å². The maximum absolute atomic E-state index is 13.1. The Hall–Kier alpha value is -3.47. The number of hydrogen-bond acceptors (Lipinski definition) is 6. The molecule has 0 saturated heterocycles. The number of hydrogen-bond donors (Lipinski definition) is 6. The van der Waals surface area contributed by atoms with Crippen molar-refractivity contribution in [3.63, 3.8) is 0 Å². The van der Waals surface area contributed by atoms with Crippen LogP contribution in [-0.2, 0) is 30.4 Å². The summed E-state index contributed by atoms with van der Waals surface area (Å²) in [4.78, 5) is 60.6. The molecule has 0 fully saturated rings. The van der Waals surface area contributed by atoms with Crippen molar-refractivity contribution in [3.8, 4) is 0 Å². The van der Waals surface area contributed by atoms with Crippen LogP contribution in [0.25, 0.3) is 0 Å². The van der Waals surface area contributed by atoms with E-state index in [0.717, 1.165) is 0 Å². The minimum Gasteiger partial charge on any atom is -0.481 e. The van der Waals surface area contributed by atoms with Crippen molar-refractivity contribution in [3.05, 3.63) is 35.9 Å². The molecule has 1 aromatic rings. The third-order valence-corrected chi connectivity index (χ3v) is 5.38. The monoisotopic (exact) mass is 478 g/mol. The van der Waals surface area contributed by atoms with Gasteiger partial charge in [0.05, 0.1) is 6.04 Å². The summed E-state index contributed by atoms with van der Waals surface area (Å²) in [5.41, 5.74) is 6.31. The summed E-state index contributed by atoms with van der Waals surface area (Å²) in [6.45, 7) is 5.09. The van der Waals surface area contributed by atoms with E-state index in [-0.39, 0.29) is 18.8 Å². The van der Waals surface area contributed by atoms with Gasteiger partial charge in [0.25, 0.3) is 0 Å². The van der Waals surface area contributed by atoms with Gasteiger partial charge >= 0.3 is 11.9 Å². The maximum atomic E-state index is 13.1. The number of nitrogens with two attached hydrogens (primary N) is 1. The lowest BCUT2D eigenvalue weighted by Crippen LogP contribution is -2.58. The predicted molar refractivity (Wildman–Crippen MR) is 124 cm³/mol. The Bertz CT molecular complexity index is 860. The molecule has 11 nitrogen and oxygen atoms in total. The molecule has 0 aliphatic heterocycles. The fourth-order valence-electron chi connectivity index (χ4n) is 3.10. The fourth-order valence-corrected chi connectivity index (χ4v) is 3.10. The number of rotatable bonds is 14. The summed E-state index contributed by atoms with van der Waals surface area (Å²) in [7, 11) is 0. The highest BCUT2D eigenvalue weighted by Gasteiger charge is 2.32. The van der Waals surface area contributed by atoms with Gasteiger partial charge in [0.15, 0.2) is 0 Å². The van der Waals surface area contributed by atoms with Gasteiger partial charge in [-0.1, -0.05) is 50.6 Å². The van der Waals surface area contributed by atoms with Crippen LogP contribution in [0.1, 0.15) is 45.6 Å². The van der Waals surface area contributed by atoms with Crippen molar-refractivity contribution in [2.24, 2.45) is 11.7 Å². The van der Waals surface area contributed by atoms with Gasteiger partial charge in [-0.2, -0.15) is 0 Å². The molecule has 0 radical (unpaired) electrons. The summed E-state index contributed by atoms with van der Waals surface area (Å²) in [5.74, 6) is -4.78. The Labute approximate surface area is 198 Å². The van der Waals surface area contributed by atoms with Crippen molar-refractivity contribution >= 4 is 29.7 Å². The van der Waals surface area contributed by atoms with Crippen molar-refractivity contribution < 1.29 is 34.2 Å².